The van der Waals surface area contributed by atoms with E-state index in [0.29, 0.717) is 19.0 Å². The Labute approximate surface area is 105 Å². The van der Waals surface area contributed by atoms with Gasteiger partial charge in [0.05, 0.1) is 6.54 Å². The van der Waals surface area contributed by atoms with E-state index in [4.69, 9.17) is 0 Å². The van der Waals surface area contributed by atoms with Gasteiger partial charge in [0, 0.05) is 12.6 Å². The van der Waals surface area contributed by atoms with Crippen molar-refractivity contribution in [2.45, 2.75) is 25.3 Å². The predicted molar refractivity (Wildman–Crippen MR) is 64.1 cm³/mol. The van der Waals surface area contributed by atoms with Crippen molar-refractivity contribution in [1.82, 2.24) is 10.6 Å². The quantitative estimate of drug-likeness (QED) is 0.805. The molecule has 2 rings (SSSR count). The van der Waals surface area contributed by atoms with Crippen LogP contribution in [0.3, 0.4) is 0 Å². The zero-order valence-electron chi connectivity index (χ0n) is 10.0. The molecule has 1 aliphatic rings. The third-order valence-corrected chi connectivity index (χ3v) is 2.85. The Kier molecular flexibility index (Phi) is 4.25. The Morgan fingerprint density at radius 2 is 2.11 bits per heavy atom. The molecule has 1 amide bonds. The highest BCUT2D eigenvalue weighted by Crippen LogP contribution is 2.17. The van der Waals surface area contributed by atoms with Crippen LogP contribution < -0.4 is 10.6 Å². The molecule has 0 bridgehead atoms. The fourth-order valence-electron chi connectivity index (χ4n) is 1.66. The fourth-order valence-corrected chi connectivity index (χ4v) is 1.66. The molecule has 5 heteroatoms. The average molecular weight is 254 g/mol. The number of halogens is 2. The maximum Gasteiger partial charge on any atom is 0.233 e. The van der Waals surface area contributed by atoms with E-state index in [-0.39, 0.29) is 18.0 Å². The SMILES string of the molecule is O=C(CNC1CC1)NCCc1cc(F)ccc1F. The van der Waals surface area contributed by atoms with E-state index in [1.54, 1.807) is 0 Å². The van der Waals surface area contributed by atoms with Crippen molar-refractivity contribution in [3.8, 4) is 0 Å². The number of hydrogen-bond donors (Lipinski definition) is 2. The van der Waals surface area contributed by atoms with E-state index in [9.17, 15) is 13.6 Å². The summed E-state index contributed by atoms with van der Waals surface area (Å²) in [5.41, 5.74) is 0.283. The lowest BCUT2D eigenvalue weighted by Gasteiger charge is -2.07. The van der Waals surface area contributed by atoms with Gasteiger partial charge in [0.2, 0.25) is 5.91 Å². The molecule has 0 saturated heterocycles. The van der Waals surface area contributed by atoms with Crippen molar-refractivity contribution in [2.24, 2.45) is 0 Å². The smallest absolute Gasteiger partial charge is 0.233 e. The van der Waals surface area contributed by atoms with Gasteiger partial charge in [-0.3, -0.25) is 4.79 Å². The number of carbonyl (C=O) groups is 1. The number of hydrogen-bond acceptors (Lipinski definition) is 2. The van der Waals surface area contributed by atoms with Crippen LogP contribution in [0.1, 0.15) is 18.4 Å². The molecule has 0 atom stereocenters. The molecule has 98 valence electrons. The summed E-state index contributed by atoms with van der Waals surface area (Å²) in [5, 5.41) is 5.75. The molecule has 18 heavy (non-hydrogen) atoms. The highest BCUT2D eigenvalue weighted by molar-refractivity contribution is 5.78. The molecule has 3 nitrogen and oxygen atoms in total. The average Bonchev–Trinajstić information content (AvgIpc) is 3.15. The summed E-state index contributed by atoms with van der Waals surface area (Å²) >= 11 is 0. The summed E-state index contributed by atoms with van der Waals surface area (Å²) in [6.07, 6.45) is 2.54. The second-order valence-electron chi connectivity index (χ2n) is 4.49. The van der Waals surface area contributed by atoms with E-state index < -0.39 is 11.6 Å². The van der Waals surface area contributed by atoms with Crippen molar-refractivity contribution in [1.29, 1.82) is 0 Å². The van der Waals surface area contributed by atoms with Gasteiger partial charge in [-0.15, -0.1) is 0 Å². The Balaban J connectivity index is 1.70. The molecular formula is C13H16F2N2O. The van der Waals surface area contributed by atoms with E-state index >= 15 is 0 Å². The summed E-state index contributed by atoms with van der Waals surface area (Å²) in [6.45, 7) is 0.599. The normalized spacial score (nSPS) is 14.6. The topological polar surface area (TPSA) is 41.1 Å². The van der Waals surface area contributed by atoms with Gasteiger partial charge in [0.15, 0.2) is 0 Å². The van der Waals surface area contributed by atoms with Crippen LogP contribution in [0.25, 0.3) is 0 Å². The number of carbonyl (C=O) groups excluding carboxylic acids is 1. The van der Waals surface area contributed by atoms with Crippen molar-refractivity contribution in [2.75, 3.05) is 13.1 Å². The minimum absolute atomic E-state index is 0.112. The standard InChI is InChI=1S/C13H16F2N2O/c14-10-1-4-12(15)9(7-10)5-6-16-13(18)8-17-11-2-3-11/h1,4,7,11,17H,2-3,5-6,8H2,(H,16,18). The Morgan fingerprint density at radius 1 is 1.33 bits per heavy atom. The maximum atomic E-state index is 13.3. The van der Waals surface area contributed by atoms with Crippen molar-refractivity contribution < 1.29 is 13.6 Å². The third kappa shape index (κ3) is 4.07. The highest BCUT2D eigenvalue weighted by atomic mass is 19.1. The van der Waals surface area contributed by atoms with Gasteiger partial charge in [-0.05, 0) is 43.0 Å². The molecule has 1 fully saturated rings. The summed E-state index contributed by atoms with van der Waals surface area (Å²) in [4.78, 5) is 11.4. The van der Waals surface area contributed by atoms with Gasteiger partial charge in [0.1, 0.15) is 11.6 Å². The van der Waals surface area contributed by atoms with E-state index in [1.807, 2.05) is 0 Å². The minimum atomic E-state index is -0.465. The molecule has 0 aromatic heterocycles. The first-order valence-corrected chi connectivity index (χ1v) is 6.09. The van der Waals surface area contributed by atoms with Crippen LogP contribution >= 0.6 is 0 Å². The van der Waals surface area contributed by atoms with Crippen molar-refractivity contribution >= 4 is 5.91 Å². The van der Waals surface area contributed by atoms with Crippen LogP contribution in [0, 0.1) is 11.6 Å². The summed E-state index contributed by atoms with van der Waals surface area (Å²) in [7, 11) is 0. The summed E-state index contributed by atoms with van der Waals surface area (Å²) < 4.78 is 26.2. The molecule has 1 aromatic carbocycles. The molecule has 0 heterocycles. The van der Waals surface area contributed by atoms with Crippen molar-refractivity contribution in [3.05, 3.63) is 35.4 Å². The Bertz CT molecular complexity index is 433. The Morgan fingerprint density at radius 3 is 2.83 bits per heavy atom. The zero-order chi connectivity index (χ0) is 13.0. The first-order chi connectivity index (χ1) is 8.65. The van der Waals surface area contributed by atoms with Crippen LogP contribution in [-0.4, -0.2) is 25.0 Å². The summed E-state index contributed by atoms with van der Waals surface area (Å²) in [5.74, 6) is -1.02. The lowest BCUT2D eigenvalue weighted by Crippen LogP contribution is -2.35. The van der Waals surface area contributed by atoms with E-state index in [0.717, 1.165) is 31.0 Å². The van der Waals surface area contributed by atoms with Crippen LogP contribution in [0.2, 0.25) is 0 Å². The van der Waals surface area contributed by atoms with Crippen LogP contribution in [0.5, 0.6) is 0 Å². The number of benzene rings is 1. The van der Waals surface area contributed by atoms with E-state index in [1.165, 1.54) is 0 Å². The van der Waals surface area contributed by atoms with Crippen LogP contribution in [-0.2, 0) is 11.2 Å². The first-order valence-electron chi connectivity index (χ1n) is 6.09. The molecule has 2 N–H and O–H groups in total. The monoisotopic (exact) mass is 254 g/mol. The van der Waals surface area contributed by atoms with Crippen LogP contribution in [0.4, 0.5) is 8.78 Å². The third-order valence-electron chi connectivity index (χ3n) is 2.85. The van der Waals surface area contributed by atoms with Crippen molar-refractivity contribution in [3.63, 3.8) is 0 Å². The number of nitrogens with one attached hydrogen (secondary N) is 2. The lowest BCUT2D eigenvalue weighted by molar-refractivity contribution is -0.120. The maximum absolute atomic E-state index is 13.3. The van der Waals surface area contributed by atoms with Gasteiger partial charge < -0.3 is 10.6 Å². The van der Waals surface area contributed by atoms with Crippen LogP contribution in [0.15, 0.2) is 18.2 Å². The Hall–Kier alpha value is -1.49. The number of amides is 1. The molecule has 0 aliphatic heterocycles. The second-order valence-corrected chi connectivity index (χ2v) is 4.49. The zero-order valence-corrected chi connectivity index (χ0v) is 10.0. The molecular weight excluding hydrogens is 238 g/mol. The van der Waals surface area contributed by atoms with Gasteiger partial charge in [-0.25, -0.2) is 8.78 Å². The van der Waals surface area contributed by atoms with Gasteiger partial charge in [-0.2, -0.15) is 0 Å². The largest absolute Gasteiger partial charge is 0.355 e. The molecule has 0 radical (unpaired) electrons. The molecule has 1 saturated carbocycles. The molecule has 1 aliphatic carbocycles. The lowest BCUT2D eigenvalue weighted by atomic mass is 10.1. The first kappa shape index (κ1) is 13.0. The highest BCUT2D eigenvalue weighted by Gasteiger charge is 2.20. The number of rotatable bonds is 6. The van der Waals surface area contributed by atoms with Gasteiger partial charge in [-0.1, -0.05) is 0 Å². The fraction of sp³-hybridized carbons (Fsp3) is 0.462. The molecule has 0 spiro atoms. The second kappa shape index (κ2) is 5.91. The molecule has 0 unspecified atom stereocenters. The van der Waals surface area contributed by atoms with E-state index in [2.05, 4.69) is 10.6 Å². The van der Waals surface area contributed by atoms with Gasteiger partial charge >= 0.3 is 0 Å². The predicted octanol–water partition coefficient (Wildman–Crippen LogP) is 1.38. The minimum Gasteiger partial charge on any atom is -0.355 e. The summed E-state index contributed by atoms with van der Waals surface area (Å²) in [6, 6.07) is 3.82. The van der Waals surface area contributed by atoms with Gasteiger partial charge in [0.25, 0.3) is 0 Å². The molecule has 1 aromatic rings.